The number of benzene rings is 1. The molecule has 0 fully saturated rings. The van der Waals surface area contributed by atoms with Crippen LogP contribution in [-0.2, 0) is 11.2 Å². The number of hydrogen-bond donors (Lipinski definition) is 1. The van der Waals surface area contributed by atoms with Crippen LogP contribution in [0.5, 0.6) is 0 Å². The zero-order chi connectivity index (χ0) is 10.8. The molecule has 0 aliphatic carbocycles. The van der Waals surface area contributed by atoms with Crippen LogP contribution in [0.15, 0.2) is 24.3 Å². The van der Waals surface area contributed by atoms with E-state index in [1.165, 1.54) is 5.56 Å². The Labute approximate surface area is 89.9 Å². The Balaban J connectivity index is 2.24. The van der Waals surface area contributed by atoms with E-state index >= 15 is 0 Å². The normalized spacial score (nSPS) is 16.3. The summed E-state index contributed by atoms with van der Waals surface area (Å²) in [5.74, 6) is 0.0543. The average Bonchev–Trinajstić information content (AvgIpc) is 2.70. The number of anilines is 1. The Morgan fingerprint density at radius 1 is 1.53 bits per heavy atom. The van der Waals surface area contributed by atoms with Crippen LogP contribution in [0, 0.1) is 5.92 Å². The molecule has 0 radical (unpaired) electrons. The first-order valence-corrected chi connectivity index (χ1v) is 5.33. The SMILES string of the molecule is CC(CN)C(=O)N1CCc2ccccc21. The standard InChI is InChI=1S/C12H16N2O/c1-9(8-13)12(15)14-7-6-10-4-2-3-5-11(10)14/h2-5,9H,6-8,13H2,1H3. The molecule has 1 aromatic rings. The molecule has 1 amide bonds. The van der Waals surface area contributed by atoms with Crippen molar-refractivity contribution in [2.45, 2.75) is 13.3 Å². The van der Waals surface area contributed by atoms with E-state index in [2.05, 4.69) is 6.07 Å². The lowest BCUT2D eigenvalue weighted by Crippen LogP contribution is -2.36. The summed E-state index contributed by atoms with van der Waals surface area (Å²) in [7, 11) is 0. The molecule has 0 aromatic heterocycles. The first-order chi connectivity index (χ1) is 7.24. The topological polar surface area (TPSA) is 46.3 Å². The Kier molecular flexibility index (Phi) is 2.73. The molecular formula is C12H16N2O. The number of nitrogens with zero attached hydrogens (tertiary/aromatic N) is 1. The Hall–Kier alpha value is -1.35. The highest BCUT2D eigenvalue weighted by molar-refractivity contribution is 5.96. The lowest BCUT2D eigenvalue weighted by atomic mass is 10.1. The third-order valence-electron chi connectivity index (χ3n) is 2.93. The largest absolute Gasteiger partial charge is 0.330 e. The van der Waals surface area contributed by atoms with E-state index < -0.39 is 0 Å². The van der Waals surface area contributed by atoms with Gasteiger partial charge in [0.1, 0.15) is 0 Å². The second-order valence-electron chi connectivity index (χ2n) is 4.01. The van der Waals surface area contributed by atoms with Gasteiger partial charge >= 0.3 is 0 Å². The van der Waals surface area contributed by atoms with Crippen molar-refractivity contribution in [3.63, 3.8) is 0 Å². The minimum Gasteiger partial charge on any atom is -0.330 e. The Morgan fingerprint density at radius 3 is 3.00 bits per heavy atom. The minimum atomic E-state index is -0.0869. The molecule has 1 aliphatic heterocycles. The quantitative estimate of drug-likeness (QED) is 0.786. The molecule has 0 spiro atoms. The van der Waals surface area contributed by atoms with Crippen molar-refractivity contribution >= 4 is 11.6 Å². The molecule has 1 unspecified atom stereocenters. The molecule has 1 heterocycles. The molecule has 2 rings (SSSR count). The maximum absolute atomic E-state index is 12.0. The molecule has 1 aromatic carbocycles. The maximum atomic E-state index is 12.0. The molecule has 15 heavy (non-hydrogen) atoms. The van der Waals surface area contributed by atoms with E-state index in [-0.39, 0.29) is 11.8 Å². The van der Waals surface area contributed by atoms with Gasteiger partial charge in [0.05, 0.1) is 0 Å². The Morgan fingerprint density at radius 2 is 2.27 bits per heavy atom. The number of para-hydroxylation sites is 1. The fourth-order valence-electron chi connectivity index (χ4n) is 1.93. The van der Waals surface area contributed by atoms with Gasteiger partial charge in [-0.25, -0.2) is 0 Å². The van der Waals surface area contributed by atoms with Crippen LogP contribution >= 0.6 is 0 Å². The highest BCUT2D eigenvalue weighted by atomic mass is 16.2. The summed E-state index contributed by atoms with van der Waals surface area (Å²) in [5.41, 5.74) is 7.83. The molecule has 0 bridgehead atoms. The second kappa shape index (κ2) is 4.03. The van der Waals surface area contributed by atoms with Crippen LogP contribution < -0.4 is 10.6 Å². The zero-order valence-corrected chi connectivity index (χ0v) is 8.94. The third kappa shape index (κ3) is 1.75. The van der Waals surface area contributed by atoms with Gasteiger partial charge in [-0.05, 0) is 18.1 Å². The van der Waals surface area contributed by atoms with Gasteiger partial charge in [-0.2, -0.15) is 0 Å². The van der Waals surface area contributed by atoms with E-state index in [0.717, 1.165) is 18.7 Å². The predicted molar refractivity (Wildman–Crippen MR) is 60.7 cm³/mol. The second-order valence-corrected chi connectivity index (χ2v) is 4.01. The molecule has 80 valence electrons. The summed E-state index contributed by atoms with van der Waals surface area (Å²) in [6, 6.07) is 8.07. The summed E-state index contributed by atoms with van der Waals surface area (Å²) in [6.07, 6.45) is 0.958. The molecule has 3 heteroatoms. The van der Waals surface area contributed by atoms with Crippen molar-refractivity contribution in [2.24, 2.45) is 11.7 Å². The number of carbonyl (C=O) groups is 1. The fourth-order valence-corrected chi connectivity index (χ4v) is 1.93. The molecule has 1 aliphatic rings. The number of nitrogens with two attached hydrogens (primary N) is 1. The van der Waals surface area contributed by atoms with Crippen molar-refractivity contribution in [1.29, 1.82) is 0 Å². The van der Waals surface area contributed by atoms with Gasteiger partial charge in [-0.15, -0.1) is 0 Å². The van der Waals surface area contributed by atoms with Crippen LogP contribution in [0.3, 0.4) is 0 Å². The smallest absolute Gasteiger partial charge is 0.231 e. The number of rotatable bonds is 2. The van der Waals surface area contributed by atoms with Crippen LogP contribution in [0.1, 0.15) is 12.5 Å². The number of hydrogen-bond acceptors (Lipinski definition) is 2. The van der Waals surface area contributed by atoms with E-state index in [0.29, 0.717) is 6.54 Å². The third-order valence-corrected chi connectivity index (χ3v) is 2.93. The molecule has 0 saturated heterocycles. The van der Waals surface area contributed by atoms with E-state index in [1.807, 2.05) is 30.0 Å². The molecule has 1 atom stereocenters. The van der Waals surface area contributed by atoms with Gasteiger partial charge in [-0.3, -0.25) is 4.79 Å². The van der Waals surface area contributed by atoms with Crippen LogP contribution in [0.25, 0.3) is 0 Å². The molecule has 3 nitrogen and oxygen atoms in total. The summed E-state index contributed by atoms with van der Waals surface area (Å²) in [6.45, 7) is 3.09. The average molecular weight is 204 g/mol. The first-order valence-electron chi connectivity index (χ1n) is 5.33. The van der Waals surface area contributed by atoms with Crippen molar-refractivity contribution in [2.75, 3.05) is 18.0 Å². The number of fused-ring (bicyclic) bond motifs is 1. The molecular weight excluding hydrogens is 188 g/mol. The summed E-state index contributed by atoms with van der Waals surface area (Å²) < 4.78 is 0. The van der Waals surface area contributed by atoms with Gasteiger partial charge in [0.25, 0.3) is 0 Å². The van der Waals surface area contributed by atoms with Crippen LogP contribution in [0.4, 0.5) is 5.69 Å². The van der Waals surface area contributed by atoms with Gasteiger partial charge in [0.2, 0.25) is 5.91 Å². The van der Waals surface area contributed by atoms with E-state index in [4.69, 9.17) is 5.73 Å². The fraction of sp³-hybridized carbons (Fsp3) is 0.417. The van der Waals surface area contributed by atoms with Crippen molar-refractivity contribution < 1.29 is 4.79 Å². The van der Waals surface area contributed by atoms with Gasteiger partial charge in [0.15, 0.2) is 0 Å². The molecule has 2 N–H and O–H groups in total. The predicted octanol–water partition coefficient (Wildman–Crippen LogP) is 1.17. The minimum absolute atomic E-state index is 0.0869. The van der Waals surface area contributed by atoms with E-state index in [9.17, 15) is 4.79 Å². The summed E-state index contributed by atoms with van der Waals surface area (Å²) in [5, 5.41) is 0. The van der Waals surface area contributed by atoms with Crippen LogP contribution in [-0.4, -0.2) is 19.0 Å². The summed E-state index contributed by atoms with van der Waals surface area (Å²) in [4.78, 5) is 13.8. The highest BCUT2D eigenvalue weighted by Crippen LogP contribution is 2.28. The maximum Gasteiger partial charge on any atom is 0.231 e. The monoisotopic (exact) mass is 204 g/mol. The number of carbonyl (C=O) groups excluding carboxylic acids is 1. The van der Waals surface area contributed by atoms with Crippen molar-refractivity contribution in [3.05, 3.63) is 29.8 Å². The van der Waals surface area contributed by atoms with E-state index in [1.54, 1.807) is 0 Å². The lowest BCUT2D eigenvalue weighted by Gasteiger charge is -2.20. The van der Waals surface area contributed by atoms with Crippen molar-refractivity contribution in [3.8, 4) is 0 Å². The van der Waals surface area contributed by atoms with Gasteiger partial charge in [0, 0.05) is 24.7 Å². The van der Waals surface area contributed by atoms with Gasteiger partial charge < -0.3 is 10.6 Å². The lowest BCUT2D eigenvalue weighted by molar-refractivity contribution is -0.121. The zero-order valence-electron chi connectivity index (χ0n) is 8.94. The Bertz CT molecular complexity index is 376. The summed E-state index contributed by atoms with van der Waals surface area (Å²) >= 11 is 0. The number of amides is 1. The van der Waals surface area contributed by atoms with Crippen molar-refractivity contribution in [1.82, 2.24) is 0 Å². The van der Waals surface area contributed by atoms with Gasteiger partial charge in [-0.1, -0.05) is 25.1 Å². The molecule has 0 saturated carbocycles. The van der Waals surface area contributed by atoms with Crippen LogP contribution in [0.2, 0.25) is 0 Å². The first kappa shape index (κ1) is 10.2. The highest BCUT2D eigenvalue weighted by Gasteiger charge is 2.26.